The van der Waals surface area contributed by atoms with Gasteiger partial charge in [-0.1, -0.05) is 6.92 Å². The maximum absolute atomic E-state index is 13.2. The lowest BCUT2D eigenvalue weighted by Crippen LogP contribution is -2.28. The molecular weight excluding hydrogens is 235 g/mol. The molecule has 1 saturated heterocycles. The molecule has 1 aliphatic heterocycles. The molecule has 1 amide bonds. The van der Waals surface area contributed by atoms with E-state index in [1.165, 1.54) is 12.1 Å². The Hall–Kier alpha value is -1.62. The average Bonchev–Trinajstić information content (AvgIpc) is 2.66. The molecule has 0 saturated carbocycles. The first-order valence-electron chi connectivity index (χ1n) is 6.10. The van der Waals surface area contributed by atoms with Gasteiger partial charge in [0.25, 0.3) is 0 Å². The highest BCUT2D eigenvalue weighted by Crippen LogP contribution is 2.32. The van der Waals surface area contributed by atoms with Crippen LogP contribution in [0.5, 0.6) is 5.75 Å². The molecule has 1 fully saturated rings. The van der Waals surface area contributed by atoms with Crippen LogP contribution in [0.1, 0.15) is 19.8 Å². The normalized spacial score (nSPS) is 19.4. The SMILES string of the molecule is CCCOc1cc(F)ccc1N1CC(N)CC1=O. The summed E-state index contributed by atoms with van der Waals surface area (Å²) in [7, 11) is 0. The summed E-state index contributed by atoms with van der Waals surface area (Å²) in [5.41, 5.74) is 6.36. The van der Waals surface area contributed by atoms with Crippen LogP contribution in [-0.2, 0) is 4.79 Å². The van der Waals surface area contributed by atoms with Gasteiger partial charge in [0.05, 0.1) is 12.3 Å². The van der Waals surface area contributed by atoms with Crippen LogP contribution in [-0.4, -0.2) is 25.1 Å². The summed E-state index contributed by atoms with van der Waals surface area (Å²) in [5.74, 6) is -0.0180. The molecule has 1 aromatic rings. The van der Waals surface area contributed by atoms with E-state index in [0.717, 1.165) is 6.42 Å². The number of halogens is 1. The Kier molecular flexibility index (Phi) is 3.81. The van der Waals surface area contributed by atoms with Crippen molar-refractivity contribution in [1.82, 2.24) is 0 Å². The van der Waals surface area contributed by atoms with Crippen molar-refractivity contribution in [3.05, 3.63) is 24.0 Å². The highest BCUT2D eigenvalue weighted by atomic mass is 19.1. The molecule has 4 nitrogen and oxygen atoms in total. The lowest BCUT2D eigenvalue weighted by atomic mass is 10.2. The third-order valence-electron chi connectivity index (χ3n) is 2.83. The van der Waals surface area contributed by atoms with Crippen molar-refractivity contribution in [1.29, 1.82) is 0 Å². The second-order valence-corrected chi connectivity index (χ2v) is 4.43. The van der Waals surface area contributed by atoms with Gasteiger partial charge in [-0.25, -0.2) is 4.39 Å². The van der Waals surface area contributed by atoms with Crippen LogP contribution >= 0.6 is 0 Å². The summed E-state index contributed by atoms with van der Waals surface area (Å²) in [6, 6.07) is 4.03. The van der Waals surface area contributed by atoms with E-state index in [1.54, 1.807) is 11.0 Å². The van der Waals surface area contributed by atoms with E-state index >= 15 is 0 Å². The van der Waals surface area contributed by atoms with Gasteiger partial charge in [-0.15, -0.1) is 0 Å². The van der Waals surface area contributed by atoms with Crippen LogP contribution in [0.3, 0.4) is 0 Å². The van der Waals surface area contributed by atoms with Gasteiger partial charge in [0, 0.05) is 25.1 Å². The number of hydrogen-bond donors (Lipinski definition) is 1. The Morgan fingerprint density at radius 2 is 2.33 bits per heavy atom. The number of anilines is 1. The number of nitrogens with two attached hydrogens (primary N) is 1. The van der Waals surface area contributed by atoms with E-state index in [9.17, 15) is 9.18 Å². The van der Waals surface area contributed by atoms with Crippen LogP contribution in [0.25, 0.3) is 0 Å². The van der Waals surface area contributed by atoms with Gasteiger partial charge in [-0.3, -0.25) is 4.79 Å². The molecule has 1 aromatic carbocycles. The molecule has 1 heterocycles. The van der Waals surface area contributed by atoms with Gasteiger partial charge < -0.3 is 15.4 Å². The second-order valence-electron chi connectivity index (χ2n) is 4.43. The highest BCUT2D eigenvalue weighted by molar-refractivity contribution is 5.97. The molecule has 2 rings (SSSR count). The highest BCUT2D eigenvalue weighted by Gasteiger charge is 2.30. The molecule has 0 aromatic heterocycles. The van der Waals surface area contributed by atoms with Crippen molar-refractivity contribution >= 4 is 11.6 Å². The van der Waals surface area contributed by atoms with Crippen molar-refractivity contribution in [2.75, 3.05) is 18.1 Å². The number of ether oxygens (including phenoxy) is 1. The number of carbonyl (C=O) groups is 1. The molecule has 98 valence electrons. The minimum Gasteiger partial charge on any atom is -0.491 e. The van der Waals surface area contributed by atoms with Crippen LogP contribution in [0, 0.1) is 5.82 Å². The van der Waals surface area contributed by atoms with E-state index < -0.39 is 0 Å². The summed E-state index contributed by atoms with van der Waals surface area (Å²) < 4.78 is 18.7. The van der Waals surface area contributed by atoms with Gasteiger partial charge in [0.1, 0.15) is 11.6 Å². The van der Waals surface area contributed by atoms with E-state index in [-0.39, 0.29) is 17.8 Å². The third-order valence-corrected chi connectivity index (χ3v) is 2.83. The van der Waals surface area contributed by atoms with Crippen molar-refractivity contribution in [2.45, 2.75) is 25.8 Å². The monoisotopic (exact) mass is 252 g/mol. The van der Waals surface area contributed by atoms with E-state index in [4.69, 9.17) is 10.5 Å². The van der Waals surface area contributed by atoms with Gasteiger partial charge >= 0.3 is 0 Å². The Morgan fingerprint density at radius 1 is 1.56 bits per heavy atom. The van der Waals surface area contributed by atoms with Crippen LogP contribution in [0.4, 0.5) is 10.1 Å². The summed E-state index contributed by atoms with van der Waals surface area (Å²) in [6.45, 7) is 2.91. The zero-order valence-corrected chi connectivity index (χ0v) is 10.4. The Bertz CT molecular complexity index is 451. The fourth-order valence-corrected chi connectivity index (χ4v) is 2.01. The summed E-state index contributed by atoms with van der Waals surface area (Å²) in [4.78, 5) is 13.4. The van der Waals surface area contributed by atoms with Crippen molar-refractivity contribution in [3.63, 3.8) is 0 Å². The Labute approximate surface area is 106 Å². The first-order chi connectivity index (χ1) is 8.61. The largest absolute Gasteiger partial charge is 0.491 e. The molecule has 1 unspecified atom stereocenters. The molecule has 1 aliphatic rings. The number of amides is 1. The minimum atomic E-state index is -0.374. The van der Waals surface area contributed by atoms with Crippen molar-refractivity contribution < 1.29 is 13.9 Å². The molecule has 18 heavy (non-hydrogen) atoms. The summed E-state index contributed by atoms with van der Waals surface area (Å²) >= 11 is 0. The number of nitrogens with zero attached hydrogens (tertiary/aromatic N) is 1. The minimum absolute atomic E-state index is 0.0459. The van der Waals surface area contributed by atoms with Crippen LogP contribution < -0.4 is 15.4 Å². The Morgan fingerprint density at radius 3 is 2.94 bits per heavy atom. The molecular formula is C13H17FN2O2. The molecule has 0 radical (unpaired) electrons. The Balaban J connectivity index is 2.28. The lowest BCUT2D eigenvalue weighted by molar-refractivity contribution is -0.117. The predicted molar refractivity (Wildman–Crippen MR) is 67.1 cm³/mol. The topological polar surface area (TPSA) is 55.6 Å². The molecule has 2 N–H and O–H groups in total. The van der Waals surface area contributed by atoms with E-state index in [0.29, 0.717) is 31.0 Å². The molecule has 0 spiro atoms. The molecule has 5 heteroatoms. The van der Waals surface area contributed by atoms with E-state index in [2.05, 4.69) is 0 Å². The smallest absolute Gasteiger partial charge is 0.228 e. The fourth-order valence-electron chi connectivity index (χ4n) is 2.01. The summed E-state index contributed by atoms with van der Waals surface area (Å²) in [6.07, 6.45) is 1.15. The molecule has 1 atom stereocenters. The maximum atomic E-state index is 13.2. The zero-order valence-electron chi connectivity index (χ0n) is 10.4. The summed E-state index contributed by atoms with van der Waals surface area (Å²) in [5, 5.41) is 0. The number of benzene rings is 1. The van der Waals surface area contributed by atoms with Gasteiger partial charge in [-0.2, -0.15) is 0 Å². The van der Waals surface area contributed by atoms with Crippen molar-refractivity contribution in [3.8, 4) is 5.75 Å². The van der Waals surface area contributed by atoms with Crippen LogP contribution in [0.2, 0.25) is 0 Å². The number of rotatable bonds is 4. The third kappa shape index (κ3) is 2.61. The lowest BCUT2D eigenvalue weighted by Gasteiger charge is -2.20. The second kappa shape index (κ2) is 5.35. The standard InChI is InChI=1S/C13H17FN2O2/c1-2-5-18-12-6-9(14)3-4-11(12)16-8-10(15)7-13(16)17/h3-4,6,10H,2,5,7-8,15H2,1H3. The van der Waals surface area contributed by atoms with Gasteiger partial charge in [0.2, 0.25) is 5.91 Å². The van der Waals surface area contributed by atoms with Crippen molar-refractivity contribution in [2.24, 2.45) is 5.73 Å². The van der Waals surface area contributed by atoms with Gasteiger partial charge in [-0.05, 0) is 18.6 Å². The zero-order chi connectivity index (χ0) is 13.1. The first-order valence-corrected chi connectivity index (χ1v) is 6.10. The van der Waals surface area contributed by atoms with E-state index in [1.807, 2.05) is 6.92 Å². The average molecular weight is 252 g/mol. The predicted octanol–water partition coefficient (Wildman–Crippen LogP) is 1.68. The molecule has 0 bridgehead atoms. The number of carbonyl (C=O) groups excluding carboxylic acids is 1. The van der Waals surface area contributed by atoms with Crippen LogP contribution in [0.15, 0.2) is 18.2 Å². The maximum Gasteiger partial charge on any atom is 0.228 e. The number of hydrogen-bond acceptors (Lipinski definition) is 3. The quantitative estimate of drug-likeness (QED) is 0.887. The van der Waals surface area contributed by atoms with Gasteiger partial charge in [0.15, 0.2) is 0 Å². The molecule has 0 aliphatic carbocycles. The fraction of sp³-hybridized carbons (Fsp3) is 0.462. The first kappa shape index (κ1) is 12.8.